The number of ether oxygens (including phenoxy) is 1. The normalized spacial score (nSPS) is 20.6. The first-order valence-corrected chi connectivity index (χ1v) is 9.12. The van der Waals surface area contributed by atoms with Crippen LogP contribution in [-0.4, -0.2) is 55.6 Å². The summed E-state index contributed by atoms with van der Waals surface area (Å²) in [5.41, 5.74) is 2.27. The number of amides is 1. The third kappa shape index (κ3) is 4.39. The van der Waals surface area contributed by atoms with E-state index in [4.69, 9.17) is 10.00 Å². The van der Waals surface area contributed by atoms with Gasteiger partial charge in [-0.2, -0.15) is 5.26 Å². The zero-order chi connectivity index (χ0) is 17.7. The van der Waals surface area contributed by atoms with E-state index < -0.39 is 0 Å². The molecule has 0 aliphatic carbocycles. The number of likely N-dealkylation sites (tertiary alicyclic amines) is 2. The Morgan fingerprint density at radius 1 is 1.20 bits per heavy atom. The number of hydrogen-bond donors (Lipinski definition) is 0. The molecule has 0 unspecified atom stereocenters. The van der Waals surface area contributed by atoms with Crippen LogP contribution in [0.1, 0.15) is 36.8 Å². The van der Waals surface area contributed by atoms with Gasteiger partial charge in [-0.15, -0.1) is 0 Å². The van der Waals surface area contributed by atoms with Gasteiger partial charge in [0, 0.05) is 33.2 Å². The Morgan fingerprint density at radius 3 is 2.56 bits per heavy atom. The first-order chi connectivity index (χ1) is 12.1. The highest BCUT2D eigenvalue weighted by molar-refractivity contribution is 5.77. The summed E-state index contributed by atoms with van der Waals surface area (Å²) in [4.78, 5) is 16.6. The lowest BCUT2D eigenvalue weighted by molar-refractivity contribution is -0.139. The minimum atomic E-state index is 0.280. The average molecular weight is 341 g/mol. The quantitative estimate of drug-likeness (QED) is 0.825. The maximum Gasteiger partial charge on any atom is 0.222 e. The van der Waals surface area contributed by atoms with Gasteiger partial charge in [0.25, 0.3) is 0 Å². The smallest absolute Gasteiger partial charge is 0.222 e. The van der Waals surface area contributed by atoms with E-state index in [9.17, 15) is 4.79 Å². The SMILES string of the molecule is COCCN1CC2(CCC1=O)CCN(Cc1ccc(C#N)cc1)CC2. The van der Waals surface area contributed by atoms with Gasteiger partial charge in [-0.1, -0.05) is 12.1 Å². The molecular weight excluding hydrogens is 314 g/mol. The van der Waals surface area contributed by atoms with Gasteiger partial charge in [-0.05, 0) is 55.5 Å². The van der Waals surface area contributed by atoms with Crippen molar-refractivity contribution in [2.75, 3.05) is 39.9 Å². The Balaban J connectivity index is 1.53. The van der Waals surface area contributed by atoms with Crippen LogP contribution in [0, 0.1) is 16.7 Å². The second-order valence-corrected chi connectivity index (χ2v) is 7.39. The van der Waals surface area contributed by atoms with Crippen molar-refractivity contribution in [3.8, 4) is 6.07 Å². The van der Waals surface area contributed by atoms with Crippen LogP contribution in [0.15, 0.2) is 24.3 Å². The highest BCUT2D eigenvalue weighted by Gasteiger charge is 2.40. The van der Waals surface area contributed by atoms with Crippen LogP contribution >= 0.6 is 0 Å². The van der Waals surface area contributed by atoms with Crippen LogP contribution in [0.5, 0.6) is 0 Å². The lowest BCUT2D eigenvalue weighted by Gasteiger charge is -2.47. The summed E-state index contributed by atoms with van der Waals surface area (Å²) in [6.07, 6.45) is 4.01. The van der Waals surface area contributed by atoms with Crippen molar-refractivity contribution < 1.29 is 9.53 Å². The van der Waals surface area contributed by atoms with E-state index >= 15 is 0 Å². The van der Waals surface area contributed by atoms with E-state index in [2.05, 4.69) is 23.1 Å². The number of nitriles is 1. The van der Waals surface area contributed by atoms with Crippen LogP contribution in [0.3, 0.4) is 0 Å². The minimum Gasteiger partial charge on any atom is -0.383 e. The molecule has 2 aliphatic rings. The topological polar surface area (TPSA) is 56.6 Å². The third-order valence-electron chi connectivity index (χ3n) is 5.72. The molecule has 0 saturated carbocycles. The Morgan fingerprint density at radius 2 is 1.92 bits per heavy atom. The van der Waals surface area contributed by atoms with E-state index in [1.807, 2.05) is 17.0 Å². The van der Waals surface area contributed by atoms with E-state index in [1.165, 1.54) is 5.56 Å². The standard InChI is InChI=1S/C20H27N3O2/c1-25-13-12-23-16-20(7-6-19(23)24)8-10-22(11-9-20)15-18-4-2-17(14-21)3-5-18/h2-5H,6-13,15-16H2,1H3. The van der Waals surface area contributed by atoms with E-state index in [-0.39, 0.29) is 5.91 Å². The van der Waals surface area contributed by atoms with Crippen molar-refractivity contribution in [2.24, 2.45) is 5.41 Å². The van der Waals surface area contributed by atoms with Gasteiger partial charge in [-0.3, -0.25) is 9.69 Å². The van der Waals surface area contributed by atoms with Gasteiger partial charge >= 0.3 is 0 Å². The monoisotopic (exact) mass is 341 g/mol. The Bertz CT molecular complexity index is 627. The van der Waals surface area contributed by atoms with Gasteiger partial charge in [0.05, 0.1) is 18.2 Å². The number of carbonyl (C=O) groups excluding carboxylic acids is 1. The Hall–Kier alpha value is -1.90. The molecule has 3 rings (SSSR count). The van der Waals surface area contributed by atoms with Gasteiger partial charge in [0.2, 0.25) is 5.91 Å². The molecule has 0 atom stereocenters. The highest BCUT2D eigenvalue weighted by atomic mass is 16.5. The van der Waals surface area contributed by atoms with Crippen molar-refractivity contribution in [3.63, 3.8) is 0 Å². The molecule has 0 radical (unpaired) electrons. The fourth-order valence-corrected chi connectivity index (χ4v) is 4.04. The number of methoxy groups -OCH3 is 1. The molecule has 1 amide bonds. The van der Waals surface area contributed by atoms with Crippen molar-refractivity contribution in [1.82, 2.24) is 9.80 Å². The van der Waals surface area contributed by atoms with Gasteiger partial charge in [0.15, 0.2) is 0 Å². The summed E-state index contributed by atoms with van der Waals surface area (Å²) in [6, 6.07) is 10.0. The summed E-state index contributed by atoms with van der Waals surface area (Å²) >= 11 is 0. The molecule has 2 fully saturated rings. The van der Waals surface area contributed by atoms with Crippen molar-refractivity contribution in [3.05, 3.63) is 35.4 Å². The van der Waals surface area contributed by atoms with Gasteiger partial charge in [-0.25, -0.2) is 0 Å². The number of rotatable bonds is 5. The van der Waals surface area contributed by atoms with Crippen molar-refractivity contribution in [2.45, 2.75) is 32.2 Å². The summed E-state index contributed by atoms with van der Waals surface area (Å²) < 4.78 is 5.15. The molecule has 0 aromatic heterocycles. The summed E-state index contributed by atoms with van der Waals surface area (Å²) in [6.45, 7) is 5.31. The first-order valence-electron chi connectivity index (χ1n) is 9.12. The largest absolute Gasteiger partial charge is 0.383 e. The Labute approximate surface area is 150 Å². The predicted octanol–water partition coefficient (Wildman–Crippen LogP) is 2.41. The van der Waals surface area contributed by atoms with E-state index in [0.717, 1.165) is 45.4 Å². The highest BCUT2D eigenvalue weighted by Crippen LogP contribution is 2.40. The first kappa shape index (κ1) is 17.9. The second kappa shape index (κ2) is 7.99. The molecule has 1 aromatic rings. The molecule has 25 heavy (non-hydrogen) atoms. The van der Waals surface area contributed by atoms with Crippen molar-refractivity contribution in [1.29, 1.82) is 5.26 Å². The fraction of sp³-hybridized carbons (Fsp3) is 0.600. The lowest BCUT2D eigenvalue weighted by Crippen LogP contribution is -2.52. The zero-order valence-electron chi connectivity index (χ0n) is 15.0. The molecule has 2 aliphatic heterocycles. The lowest BCUT2D eigenvalue weighted by atomic mass is 9.72. The number of hydrogen-bond acceptors (Lipinski definition) is 4. The third-order valence-corrected chi connectivity index (χ3v) is 5.72. The second-order valence-electron chi connectivity index (χ2n) is 7.39. The maximum atomic E-state index is 12.1. The summed E-state index contributed by atoms with van der Waals surface area (Å²) in [7, 11) is 1.69. The van der Waals surface area contributed by atoms with Crippen LogP contribution in [-0.2, 0) is 16.1 Å². The van der Waals surface area contributed by atoms with Crippen molar-refractivity contribution >= 4 is 5.91 Å². The van der Waals surface area contributed by atoms with Crippen LogP contribution in [0.4, 0.5) is 0 Å². The van der Waals surface area contributed by atoms with Gasteiger partial charge < -0.3 is 9.64 Å². The van der Waals surface area contributed by atoms with Gasteiger partial charge in [0.1, 0.15) is 0 Å². The maximum absolute atomic E-state index is 12.1. The number of carbonyl (C=O) groups is 1. The summed E-state index contributed by atoms with van der Waals surface area (Å²) in [5, 5.41) is 8.89. The molecule has 1 spiro atoms. The van der Waals surface area contributed by atoms with Crippen LogP contribution in [0.25, 0.3) is 0 Å². The number of nitrogens with zero attached hydrogens (tertiary/aromatic N) is 3. The van der Waals surface area contributed by atoms with E-state index in [0.29, 0.717) is 30.6 Å². The molecular formula is C20H27N3O2. The average Bonchev–Trinajstić information content (AvgIpc) is 2.65. The predicted molar refractivity (Wildman–Crippen MR) is 95.8 cm³/mol. The molecule has 2 heterocycles. The fourth-order valence-electron chi connectivity index (χ4n) is 4.04. The molecule has 2 saturated heterocycles. The molecule has 0 N–H and O–H groups in total. The molecule has 134 valence electrons. The van der Waals surface area contributed by atoms with Crippen LogP contribution < -0.4 is 0 Å². The molecule has 5 nitrogen and oxygen atoms in total. The minimum absolute atomic E-state index is 0.280. The number of piperidine rings is 2. The molecule has 0 bridgehead atoms. The molecule has 5 heteroatoms. The number of benzene rings is 1. The van der Waals surface area contributed by atoms with Crippen LogP contribution in [0.2, 0.25) is 0 Å². The molecule has 1 aromatic carbocycles. The summed E-state index contributed by atoms with van der Waals surface area (Å²) in [5.74, 6) is 0.280. The Kier molecular flexibility index (Phi) is 5.72. The zero-order valence-corrected chi connectivity index (χ0v) is 15.0. The van der Waals surface area contributed by atoms with E-state index in [1.54, 1.807) is 7.11 Å².